The molecule has 1 heterocycles. The Labute approximate surface area is 166 Å². The first-order chi connectivity index (χ1) is 13.2. The smallest absolute Gasteiger partial charge is 0.341 e. The highest BCUT2D eigenvalue weighted by Gasteiger charge is 2.32. The Morgan fingerprint density at radius 3 is 2.25 bits per heavy atom. The van der Waals surface area contributed by atoms with E-state index in [-0.39, 0.29) is 17.2 Å². The third-order valence-electron chi connectivity index (χ3n) is 4.06. The molecule has 0 spiro atoms. The van der Waals surface area contributed by atoms with E-state index < -0.39 is 26.4 Å². The minimum Gasteiger partial charge on any atom is -0.343 e. The SMILES string of the molecule is CCN(CC)C(=O)Cc1ccc(NC(=O)c2sccc2S(=O)(=O)C(F)F)cc1. The molecule has 2 amide bonds. The quantitative estimate of drug-likeness (QED) is 0.696. The van der Waals surface area contributed by atoms with Crippen LogP contribution in [-0.2, 0) is 21.1 Å². The number of halogens is 2. The van der Waals surface area contributed by atoms with Crippen LogP contribution in [0.1, 0.15) is 29.1 Å². The van der Waals surface area contributed by atoms with Gasteiger partial charge in [-0.2, -0.15) is 8.78 Å². The lowest BCUT2D eigenvalue weighted by Crippen LogP contribution is -2.31. The minimum atomic E-state index is -4.86. The molecule has 1 aromatic carbocycles. The molecule has 1 N–H and O–H groups in total. The van der Waals surface area contributed by atoms with Crippen LogP contribution in [0.3, 0.4) is 0 Å². The molecule has 10 heteroatoms. The second-order valence-corrected chi connectivity index (χ2v) is 8.62. The zero-order valence-corrected chi connectivity index (χ0v) is 16.9. The van der Waals surface area contributed by atoms with Crippen LogP contribution in [0.2, 0.25) is 0 Å². The molecule has 28 heavy (non-hydrogen) atoms. The van der Waals surface area contributed by atoms with E-state index in [4.69, 9.17) is 0 Å². The van der Waals surface area contributed by atoms with Crippen molar-refractivity contribution >= 4 is 38.7 Å². The zero-order valence-electron chi connectivity index (χ0n) is 15.3. The number of nitrogens with one attached hydrogen (secondary N) is 1. The number of alkyl halides is 2. The van der Waals surface area contributed by atoms with Gasteiger partial charge in [0.15, 0.2) is 0 Å². The predicted molar refractivity (Wildman–Crippen MR) is 104 cm³/mol. The van der Waals surface area contributed by atoms with Crippen LogP contribution in [0.5, 0.6) is 0 Å². The van der Waals surface area contributed by atoms with Gasteiger partial charge in [-0.3, -0.25) is 9.59 Å². The molecule has 0 bridgehead atoms. The summed E-state index contributed by atoms with van der Waals surface area (Å²) in [7, 11) is -4.86. The monoisotopic (exact) mass is 430 g/mol. The van der Waals surface area contributed by atoms with E-state index in [9.17, 15) is 26.8 Å². The molecule has 0 atom stereocenters. The molecule has 0 saturated heterocycles. The van der Waals surface area contributed by atoms with E-state index in [1.165, 1.54) is 5.38 Å². The van der Waals surface area contributed by atoms with Crippen molar-refractivity contribution in [3.05, 3.63) is 46.2 Å². The van der Waals surface area contributed by atoms with Crippen molar-refractivity contribution < 1.29 is 26.8 Å². The number of anilines is 1. The van der Waals surface area contributed by atoms with Gasteiger partial charge in [0.05, 0.1) is 11.3 Å². The number of nitrogens with zero attached hydrogens (tertiary/aromatic N) is 1. The summed E-state index contributed by atoms with van der Waals surface area (Å²) in [6, 6.07) is 7.46. The minimum absolute atomic E-state index is 0.0118. The maximum atomic E-state index is 12.8. The predicted octanol–water partition coefficient (Wildman–Crippen LogP) is 3.41. The molecule has 0 radical (unpaired) electrons. The number of carbonyl (C=O) groups is 2. The standard InChI is InChI=1S/C18H20F2N2O4S2/c1-3-22(4-2)15(23)11-12-5-7-13(8-6-12)21-17(24)16-14(9-10-27-16)28(25,26)18(19)20/h5-10,18H,3-4,11H2,1-2H3,(H,21,24). The van der Waals surface area contributed by atoms with Gasteiger partial charge in [-0.25, -0.2) is 8.42 Å². The third-order valence-corrected chi connectivity index (χ3v) is 6.52. The van der Waals surface area contributed by atoms with Crippen molar-refractivity contribution in [3.63, 3.8) is 0 Å². The number of hydrogen-bond donors (Lipinski definition) is 1. The molecule has 0 aliphatic carbocycles. The Morgan fingerprint density at radius 1 is 1.11 bits per heavy atom. The first-order valence-electron chi connectivity index (χ1n) is 8.48. The van der Waals surface area contributed by atoms with Gasteiger partial charge in [0.25, 0.3) is 5.91 Å². The maximum absolute atomic E-state index is 12.8. The lowest BCUT2D eigenvalue weighted by atomic mass is 10.1. The highest BCUT2D eigenvalue weighted by molar-refractivity contribution is 7.92. The Bertz CT molecular complexity index is 937. The molecule has 2 aromatic rings. The maximum Gasteiger partial charge on any atom is 0.341 e. The average molecular weight is 430 g/mol. The van der Waals surface area contributed by atoms with Crippen molar-refractivity contribution in [2.45, 2.75) is 30.9 Å². The van der Waals surface area contributed by atoms with Crippen LogP contribution in [0.15, 0.2) is 40.6 Å². The Kier molecular flexibility index (Phi) is 7.25. The fourth-order valence-electron chi connectivity index (χ4n) is 2.54. The van der Waals surface area contributed by atoms with Gasteiger partial charge in [-0.1, -0.05) is 12.1 Å². The van der Waals surface area contributed by atoms with E-state index in [2.05, 4.69) is 5.32 Å². The van der Waals surface area contributed by atoms with Crippen molar-refractivity contribution in [2.75, 3.05) is 18.4 Å². The van der Waals surface area contributed by atoms with E-state index in [1.807, 2.05) is 13.8 Å². The van der Waals surface area contributed by atoms with Gasteiger partial charge in [0.2, 0.25) is 15.7 Å². The van der Waals surface area contributed by atoms with Gasteiger partial charge in [-0.15, -0.1) is 11.3 Å². The van der Waals surface area contributed by atoms with E-state index in [0.29, 0.717) is 18.8 Å². The van der Waals surface area contributed by atoms with Gasteiger partial charge in [0.1, 0.15) is 4.88 Å². The summed E-state index contributed by atoms with van der Waals surface area (Å²) in [6.45, 7) is 5.03. The summed E-state index contributed by atoms with van der Waals surface area (Å²) in [5, 5.41) is 3.76. The van der Waals surface area contributed by atoms with Gasteiger partial charge in [-0.05, 0) is 43.0 Å². The summed E-state index contributed by atoms with van der Waals surface area (Å²) in [4.78, 5) is 25.2. The Balaban J connectivity index is 2.11. The molecule has 2 rings (SSSR count). The number of carbonyl (C=O) groups excluding carboxylic acids is 2. The highest BCUT2D eigenvalue weighted by atomic mass is 32.2. The van der Waals surface area contributed by atoms with Crippen LogP contribution < -0.4 is 5.32 Å². The first kappa shape index (κ1) is 22.0. The molecule has 0 aliphatic heterocycles. The lowest BCUT2D eigenvalue weighted by molar-refractivity contribution is -0.130. The first-order valence-corrected chi connectivity index (χ1v) is 10.9. The van der Waals surface area contributed by atoms with Crippen LogP contribution in [-0.4, -0.2) is 44.0 Å². The van der Waals surface area contributed by atoms with E-state index >= 15 is 0 Å². The number of hydrogen-bond acceptors (Lipinski definition) is 5. The molecule has 6 nitrogen and oxygen atoms in total. The second-order valence-electron chi connectivity index (χ2n) is 5.81. The zero-order chi connectivity index (χ0) is 20.9. The number of likely N-dealkylation sites (N-methyl/N-ethyl adjacent to an activating group) is 1. The number of thiophene rings is 1. The van der Waals surface area contributed by atoms with Gasteiger partial charge < -0.3 is 10.2 Å². The van der Waals surface area contributed by atoms with Gasteiger partial charge in [0, 0.05) is 18.8 Å². The summed E-state index contributed by atoms with van der Waals surface area (Å²) in [5.74, 6) is -4.40. The number of benzene rings is 1. The van der Waals surface area contributed by atoms with Crippen molar-refractivity contribution in [2.24, 2.45) is 0 Å². The summed E-state index contributed by atoms with van der Waals surface area (Å²) >= 11 is 0.766. The number of amides is 2. The molecular weight excluding hydrogens is 410 g/mol. The molecule has 0 unspecified atom stereocenters. The fourth-order valence-corrected chi connectivity index (χ4v) is 4.60. The number of sulfone groups is 1. The van der Waals surface area contributed by atoms with Crippen LogP contribution in [0.4, 0.5) is 14.5 Å². The van der Waals surface area contributed by atoms with Crippen molar-refractivity contribution in [3.8, 4) is 0 Å². The second kappa shape index (κ2) is 9.24. The normalized spacial score (nSPS) is 11.5. The topological polar surface area (TPSA) is 83.6 Å². The van der Waals surface area contributed by atoms with Crippen molar-refractivity contribution in [1.82, 2.24) is 4.90 Å². The Morgan fingerprint density at radius 2 is 1.71 bits per heavy atom. The van der Waals surface area contributed by atoms with E-state index in [0.717, 1.165) is 23.0 Å². The molecule has 0 saturated carbocycles. The van der Waals surface area contributed by atoms with Gasteiger partial charge >= 0.3 is 5.76 Å². The summed E-state index contributed by atoms with van der Waals surface area (Å²) < 4.78 is 48.8. The third kappa shape index (κ3) is 4.93. The molecule has 152 valence electrons. The Hall–Kier alpha value is -2.33. The lowest BCUT2D eigenvalue weighted by Gasteiger charge is -2.18. The van der Waals surface area contributed by atoms with Crippen LogP contribution >= 0.6 is 11.3 Å². The van der Waals surface area contributed by atoms with Crippen LogP contribution in [0.25, 0.3) is 0 Å². The summed E-state index contributed by atoms with van der Waals surface area (Å²) in [5.41, 5.74) is 1.12. The average Bonchev–Trinajstić information content (AvgIpc) is 3.15. The van der Waals surface area contributed by atoms with Crippen LogP contribution in [0, 0.1) is 0 Å². The highest BCUT2D eigenvalue weighted by Crippen LogP contribution is 2.27. The molecule has 0 fully saturated rings. The largest absolute Gasteiger partial charge is 0.343 e. The fraction of sp³-hybridized carbons (Fsp3) is 0.333. The summed E-state index contributed by atoms with van der Waals surface area (Å²) in [6.07, 6.45) is 0.220. The molecule has 0 aliphatic rings. The van der Waals surface area contributed by atoms with E-state index in [1.54, 1.807) is 29.2 Å². The number of rotatable bonds is 8. The molecule has 1 aromatic heterocycles. The van der Waals surface area contributed by atoms with Crippen molar-refractivity contribution in [1.29, 1.82) is 0 Å². The molecular formula is C18H20F2N2O4S2.